The highest BCUT2D eigenvalue weighted by molar-refractivity contribution is 9.10. The monoisotopic (exact) mass is 377 g/mol. The predicted octanol–water partition coefficient (Wildman–Crippen LogP) is 5.01. The summed E-state index contributed by atoms with van der Waals surface area (Å²) in [5, 5.41) is 3.28. The molecule has 0 aliphatic heterocycles. The Labute approximate surface area is 135 Å². The molecule has 0 fully saturated rings. The fourth-order valence-corrected chi connectivity index (χ4v) is 3.85. The number of hydrogen-bond donors (Lipinski definition) is 1. The lowest BCUT2D eigenvalue weighted by Crippen LogP contribution is -2.22. The van der Waals surface area contributed by atoms with Gasteiger partial charge in [0.2, 0.25) is 0 Å². The zero-order valence-electron chi connectivity index (χ0n) is 11.0. The molecular formula is C14H14BrClFNOS. The Hall–Kier alpha value is -0.620. The molecule has 0 radical (unpaired) electrons. The van der Waals surface area contributed by atoms with E-state index in [1.807, 2.05) is 13.0 Å². The van der Waals surface area contributed by atoms with E-state index in [9.17, 15) is 4.39 Å². The molecule has 0 bridgehead atoms. The molecule has 1 N–H and O–H groups in total. The number of ether oxygens (including phenoxy) is 1. The largest absolute Gasteiger partial charge is 0.496 e. The summed E-state index contributed by atoms with van der Waals surface area (Å²) in [5.74, 6) is 0.229. The van der Waals surface area contributed by atoms with Crippen molar-refractivity contribution in [1.29, 1.82) is 0 Å². The first-order valence-corrected chi connectivity index (χ1v) is 8.07. The van der Waals surface area contributed by atoms with Crippen LogP contribution in [0.25, 0.3) is 0 Å². The van der Waals surface area contributed by atoms with Crippen LogP contribution in [0.15, 0.2) is 28.7 Å². The average molecular weight is 379 g/mol. The smallest absolute Gasteiger partial charge is 0.132 e. The van der Waals surface area contributed by atoms with Gasteiger partial charge in [-0.05, 0) is 40.7 Å². The van der Waals surface area contributed by atoms with Crippen LogP contribution in [0, 0.1) is 5.82 Å². The second-order valence-corrected chi connectivity index (χ2v) is 6.66. The third-order valence-electron chi connectivity index (χ3n) is 2.88. The van der Waals surface area contributed by atoms with E-state index < -0.39 is 0 Å². The van der Waals surface area contributed by atoms with Crippen molar-refractivity contribution < 1.29 is 9.13 Å². The fraction of sp³-hybridized carbons (Fsp3) is 0.286. The lowest BCUT2D eigenvalue weighted by molar-refractivity contribution is 0.398. The normalized spacial score (nSPS) is 12.4. The lowest BCUT2D eigenvalue weighted by Gasteiger charge is -2.20. The Bertz CT molecular complexity index is 585. The van der Waals surface area contributed by atoms with Gasteiger partial charge < -0.3 is 10.1 Å². The second kappa shape index (κ2) is 6.89. The minimum absolute atomic E-state index is 0.287. The average Bonchev–Trinajstić information content (AvgIpc) is 2.76. The second-order valence-electron chi connectivity index (χ2n) is 4.12. The molecule has 0 amide bonds. The van der Waals surface area contributed by atoms with Gasteiger partial charge in [0.25, 0.3) is 0 Å². The fourth-order valence-electron chi connectivity index (χ4n) is 2.03. The van der Waals surface area contributed by atoms with Crippen molar-refractivity contribution in [2.45, 2.75) is 13.0 Å². The van der Waals surface area contributed by atoms with Gasteiger partial charge in [-0.15, -0.1) is 11.3 Å². The third kappa shape index (κ3) is 3.17. The Balaban J connectivity index is 2.53. The Morgan fingerprint density at radius 2 is 2.25 bits per heavy atom. The lowest BCUT2D eigenvalue weighted by atomic mass is 10.0. The molecule has 20 heavy (non-hydrogen) atoms. The van der Waals surface area contributed by atoms with Crippen LogP contribution in [-0.4, -0.2) is 13.7 Å². The van der Waals surface area contributed by atoms with E-state index in [0.29, 0.717) is 22.2 Å². The summed E-state index contributed by atoms with van der Waals surface area (Å²) in [4.78, 5) is 0.937. The molecule has 1 aromatic carbocycles. The number of thiophene rings is 1. The first kappa shape index (κ1) is 15.8. The van der Waals surface area contributed by atoms with E-state index in [2.05, 4.69) is 21.2 Å². The van der Waals surface area contributed by atoms with E-state index in [1.54, 1.807) is 19.2 Å². The minimum Gasteiger partial charge on any atom is -0.496 e. The highest BCUT2D eigenvalue weighted by Gasteiger charge is 2.23. The summed E-state index contributed by atoms with van der Waals surface area (Å²) in [6, 6.07) is 6.45. The van der Waals surface area contributed by atoms with Crippen LogP contribution in [0.5, 0.6) is 5.75 Å². The van der Waals surface area contributed by atoms with Crippen molar-refractivity contribution >= 4 is 38.9 Å². The third-order valence-corrected chi connectivity index (χ3v) is 5.42. The first-order chi connectivity index (χ1) is 9.58. The molecular weight excluding hydrogens is 365 g/mol. The molecule has 0 spiro atoms. The predicted molar refractivity (Wildman–Crippen MR) is 85.5 cm³/mol. The SMILES string of the molecule is CCNC(c1cc(Br)c(Cl)s1)c1c(F)cccc1OC. The van der Waals surface area contributed by atoms with E-state index in [4.69, 9.17) is 16.3 Å². The summed E-state index contributed by atoms with van der Waals surface area (Å²) in [6.45, 7) is 2.68. The molecule has 6 heteroatoms. The molecule has 0 aliphatic rings. The molecule has 2 rings (SSSR count). The molecule has 1 unspecified atom stereocenters. The molecule has 2 nitrogen and oxygen atoms in total. The van der Waals surface area contributed by atoms with Crippen LogP contribution in [-0.2, 0) is 0 Å². The maximum absolute atomic E-state index is 14.2. The molecule has 1 aromatic heterocycles. The molecule has 0 saturated carbocycles. The maximum atomic E-state index is 14.2. The number of hydrogen-bond acceptors (Lipinski definition) is 3. The Morgan fingerprint density at radius 3 is 2.80 bits per heavy atom. The van der Waals surface area contributed by atoms with Crippen molar-refractivity contribution in [2.75, 3.05) is 13.7 Å². The van der Waals surface area contributed by atoms with Gasteiger partial charge in [-0.1, -0.05) is 24.6 Å². The van der Waals surface area contributed by atoms with Gasteiger partial charge in [-0.2, -0.15) is 0 Å². The van der Waals surface area contributed by atoms with E-state index in [1.165, 1.54) is 17.4 Å². The summed E-state index contributed by atoms with van der Waals surface area (Å²) < 4.78 is 21.0. The zero-order valence-corrected chi connectivity index (χ0v) is 14.2. The van der Waals surface area contributed by atoms with Crippen LogP contribution in [0.3, 0.4) is 0 Å². The van der Waals surface area contributed by atoms with Crippen LogP contribution in [0.2, 0.25) is 4.34 Å². The van der Waals surface area contributed by atoms with Gasteiger partial charge in [-0.25, -0.2) is 4.39 Å². The van der Waals surface area contributed by atoms with Crippen LogP contribution in [0.4, 0.5) is 4.39 Å². The minimum atomic E-state index is -0.295. The number of nitrogens with one attached hydrogen (secondary N) is 1. The Kier molecular flexibility index (Phi) is 5.43. The molecule has 0 aliphatic carbocycles. The van der Waals surface area contributed by atoms with E-state index in [-0.39, 0.29) is 11.9 Å². The van der Waals surface area contributed by atoms with Gasteiger partial charge in [0.15, 0.2) is 0 Å². The van der Waals surface area contributed by atoms with Crippen molar-refractivity contribution in [3.05, 3.63) is 49.3 Å². The van der Waals surface area contributed by atoms with Gasteiger partial charge in [0.05, 0.1) is 18.7 Å². The van der Waals surface area contributed by atoms with Crippen LogP contribution < -0.4 is 10.1 Å². The summed E-state index contributed by atoms with van der Waals surface area (Å²) in [6.07, 6.45) is 0. The highest BCUT2D eigenvalue weighted by Crippen LogP contribution is 2.40. The van der Waals surface area contributed by atoms with Crippen LogP contribution >= 0.6 is 38.9 Å². The van der Waals surface area contributed by atoms with Crippen molar-refractivity contribution in [3.63, 3.8) is 0 Å². The molecule has 0 saturated heterocycles. The number of rotatable bonds is 5. The number of benzene rings is 1. The molecule has 108 valence electrons. The maximum Gasteiger partial charge on any atom is 0.132 e. The van der Waals surface area contributed by atoms with Gasteiger partial charge >= 0.3 is 0 Å². The van der Waals surface area contributed by atoms with E-state index >= 15 is 0 Å². The number of halogens is 3. The standard InChI is InChI=1S/C14H14BrClFNOS/c1-3-18-13(11-7-8(15)14(16)20-11)12-9(17)5-4-6-10(12)19-2/h4-7,13,18H,3H2,1-2H3. The van der Waals surface area contributed by atoms with Gasteiger partial charge in [-0.3, -0.25) is 0 Å². The van der Waals surface area contributed by atoms with Crippen LogP contribution in [0.1, 0.15) is 23.4 Å². The number of methoxy groups -OCH3 is 1. The first-order valence-electron chi connectivity index (χ1n) is 6.09. The van der Waals surface area contributed by atoms with Crippen molar-refractivity contribution in [1.82, 2.24) is 5.32 Å². The summed E-state index contributed by atoms with van der Waals surface area (Å²) in [5.41, 5.74) is 0.502. The van der Waals surface area contributed by atoms with Gasteiger partial charge in [0, 0.05) is 9.35 Å². The van der Waals surface area contributed by atoms with Crippen molar-refractivity contribution in [3.8, 4) is 5.75 Å². The molecule has 1 atom stereocenters. The van der Waals surface area contributed by atoms with Gasteiger partial charge in [0.1, 0.15) is 15.9 Å². The van der Waals surface area contributed by atoms with E-state index in [0.717, 1.165) is 9.35 Å². The zero-order chi connectivity index (χ0) is 14.7. The van der Waals surface area contributed by atoms with Crippen molar-refractivity contribution in [2.24, 2.45) is 0 Å². The molecule has 1 heterocycles. The highest BCUT2D eigenvalue weighted by atomic mass is 79.9. The topological polar surface area (TPSA) is 21.3 Å². The quantitative estimate of drug-likeness (QED) is 0.789. The summed E-state index contributed by atoms with van der Waals surface area (Å²) in [7, 11) is 1.54. The molecule has 2 aromatic rings. The summed E-state index contributed by atoms with van der Waals surface area (Å²) >= 11 is 10.9. The Morgan fingerprint density at radius 1 is 1.50 bits per heavy atom.